The Balaban J connectivity index is 2.45. The number of nitrogens with two attached hydrogens (primary N) is 1. The van der Waals surface area contributed by atoms with Crippen molar-refractivity contribution in [1.82, 2.24) is 0 Å². The summed E-state index contributed by atoms with van der Waals surface area (Å²) in [6.45, 7) is 0. The number of amides is 1. The van der Waals surface area contributed by atoms with Crippen molar-refractivity contribution >= 4 is 92.9 Å². The summed E-state index contributed by atoms with van der Waals surface area (Å²) in [5.41, 5.74) is 3.36. The van der Waals surface area contributed by atoms with E-state index in [0.29, 0.717) is 0 Å². The third-order valence-electron chi connectivity index (χ3n) is 4.13. The third-order valence-corrected chi connectivity index (χ3v) is 8.66. The average molecular weight is 416 g/mol. The SMILES string of the molecule is NC(=O)C1(Cl)C2(Cl)C(Cl)=C(Cl)C3(Cl)C(Cl)=C(Cl)C(=O)C312. The molecule has 1 spiro atoms. The highest BCUT2D eigenvalue weighted by atomic mass is 35.5. The number of ketones is 1. The normalized spacial score (nSPS) is 49.6. The Morgan fingerprint density at radius 2 is 1.45 bits per heavy atom. The minimum Gasteiger partial charge on any atom is -0.368 e. The molecular formula is C10H2Cl7NO2. The second-order valence-electron chi connectivity index (χ2n) is 4.67. The van der Waals surface area contributed by atoms with Crippen LogP contribution in [-0.2, 0) is 9.59 Å². The van der Waals surface area contributed by atoms with Crippen LogP contribution in [0.1, 0.15) is 0 Å². The molecule has 1 fully saturated rings. The number of halogens is 7. The molecule has 0 bridgehead atoms. The van der Waals surface area contributed by atoms with Gasteiger partial charge in [-0.2, -0.15) is 0 Å². The van der Waals surface area contributed by atoms with Gasteiger partial charge in [-0.3, -0.25) is 9.59 Å². The summed E-state index contributed by atoms with van der Waals surface area (Å²) in [6, 6.07) is 0. The Hall–Kier alpha value is 0.650. The molecule has 20 heavy (non-hydrogen) atoms. The van der Waals surface area contributed by atoms with Crippen LogP contribution in [0, 0.1) is 5.41 Å². The standard InChI is InChI=1S/C10H2Cl7NO2/c11-1-2(12)7(15)3(13)4(14)9(16)8(7,5(1)19)10(9,17)6(18)20/h(H2,18,20). The number of rotatable bonds is 1. The van der Waals surface area contributed by atoms with E-state index in [0.717, 1.165) is 0 Å². The minimum atomic E-state index is -2.06. The number of primary amides is 1. The Morgan fingerprint density at radius 3 is 1.90 bits per heavy atom. The Morgan fingerprint density at radius 1 is 0.950 bits per heavy atom. The number of hydrogen-bond acceptors (Lipinski definition) is 2. The first kappa shape index (κ1) is 15.5. The van der Waals surface area contributed by atoms with Gasteiger partial charge in [-0.25, -0.2) is 0 Å². The maximum Gasteiger partial charge on any atom is 0.242 e. The predicted molar refractivity (Wildman–Crippen MR) is 79.9 cm³/mol. The molecule has 0 aliphatic heterocycles. The van der Waals surface area contributed by atoms with Crippen molar-refractivity contribution in [1.29, 1.82) is 0 Å². The van der Waals surface area contributed by atoms with Crippen molar-refractivity contribution < 1.29 is 9.59 Å². The lowest BCUT2D eigenvalue weighted by molar-refractivity contribution is -0.124. The first-order valence-corrected chi connectivity index (χ1v) is 7.67. The Bertz CT molecular complexity index is 687. The zero-order valence-electron chi connectivity index (χ0n) is 9.04. The topological polar surface area (TPSA) is 60.2 Å². The van der Waals surface area contributed by atoms with Crippen molar-refractivity contribution in [2.45, 2.75) is 14.6 Å². The average Bonchev–Trinajstić information content (AvgIpc) is 2.76. The fourth-order valence-electron chi connectivity index (χ4n) is 3.25. The lowest BCUT2D eigenvalue weighted by Gasteiger charge is -2.28. The molecule has 0 aromatic rings. The van der Waals surface area contributed by atoms with Gasteiger partial charge in [0.05, 0.1) is 15.1 Å². The number of alkyl halides is 3. The molecule has 3 aliphatic rings. The summed E-state index contributed by atoms with van der Waals surface area (Å²) in [6.07, 6.45) is 0. The van der Waals surface area contributed by atoms with Crippen LogP contribution in [0.25, 0.3) is 0 Å². The van der Waals surface area contributed by atoms with E-state index in [2.05, 4.69) is 0 Å². The first-order valence-electron chi connectivity index (χ1n) is 5.02. The molecule has 108 valence electrons. The fourth-order valence-corrected chi connectivity index (χ4v) is 6.81. The molecule has 0 aromatic heterocycles. The zero-order chi connectivity index (χ0) is 15.5. The van der Waals surface area contributed by atoms with Gasteiger partial charge in [-0.15, -0.1) is 34.8 Å². The van der Waals surface area contributed by atoms with Crippen LogP contribution < -0.4 is 5.73 Å². The van der Waals surface area contributed by atoms with Gasteiger partial charge >= 0.3 is 0 Å². The van der Waals surface area contributed by atoms with Gasteiger partial charge in [0.2, 0.25) is 5.91 Å². The molecule has 4 unspecified atom stereocenters. The van der Waals surface area contributed by atoms with Crippen LogP contribution in [0.4, 0.5) is 0 Å². The first-order chi connectivity index (χ1) is 8.98. The number of carbonyl (C=O) groups is 2. The van der Waals surface area contributed by atoms with E-state index < -0.39 is 36.8 Å². The fraction of sp³-hybridized carbons (Fsp3) is 0.400. The van der Waals surface area contributed by atoms with E-state index in [1.54, 1.807) is 0 Å². The second-order valence-corrected chi connectivity index (χ2v) is 7.89. The summed E-state index contributed by atoms with van der Waals surface area (Å²) >= 11 is 43.0. The van der Waals surface area contributed by atoms with Crippen molar-refractivity contribution in [3.63, 3.8) is 0 Å². The molecular weight excluding hydrogens is 414 g/mol. The summed E-state index contributed by atoms with van der Waals surface area (Å²) < 4.78 is 0. The van der Waals surface area contributed by atoms with Crippen LogP contribution in [0.15, 0.2) is 20.1 Å². The quantitative estimate of drug-likeness (QED) is 0.667. The molecule has 3 nitrogen and oxygen atoms in total. The summed E-state index contributed by atoms with van der Waals surface area (Å²) in [4.78, 5) is 18.4. The molecule has 1 amide bonds. The predicted octanol–water partition coefficient (Wildman–Crippen LogP) is 3.38. The van der Waals surface area contributed by atoms with E-state index >= 15 is 0 Å². The molecule has 0 heterocycles. The van der Waals surface area contributed by atoms with Gasteiger partial charge < -0.3 is 5.73 Å². The van der Waals surface area contributed by atoms with Gasteiger partial charge in [-0.05, 0) is 0 Å². The number of allylic oxidation sites excluding steroid dienone is 4. The van der Waals surface area contributed by atoms with Crippen LogP contribution in [0.5, 0.6) is 0 Å². The smallest absolute Gasteiger partial charge is 0.242 e. The highest BCUT2D eigenvalue weighted by molar-refractivity contribution is 6.69. The van der Waals surface area contributed by atoms with Crippen LogP contribution in [-0.4, -0.2) is 26.3 Å². The van der Waals surface area contributed by atoms with Crippen molar-refractivity contribution in [3.05, 3.63) is 20.1 Å². The molecule has 10 heteroatoms. The largest absolute Gasteiger partial charge is 0.368 e. The van der Waals surface area contributed by atoms with Gasteiger partial charge in [0.25, 0.3) is 0 Å². The van der Waals surface area contributed by atoms with Crippen LogP contribution >= 0.6 is 81.2 Å². The molecule has 1 saturated carbocycles. The molecule has 0 aromatic carbocycles. The third kappa shape index (κ3) is 0.989. The van der Waals surface area contributed by atoms with E-state index in [-0.39, 0.29) is 15.1 Å². The van der Waals surface area contributed by atoms with Gasteiger partial charge in [0.15, 0.2) is 10.7 Å². The van der Waals surface area contributed by atoms with Gasteiger partial charge in [0, 0.05) is 0 Å². The molecule has 3 rings (SSSR count). The summed E-state index contributed by atoms with van der Waals surface area (Å²) in [5, 5.41) is -1.10. The molecule has 3 aliphatic carbocycles. The molecule has 0 radical (unpaired) electrons. The van der Waals surface area contributed by atoms with Crippen molar-refractivity contribution in [2.24, 2.45) is 11.1 Å². The number of Topliss-reactive ketones (excluding diaryl/α,β-unsaturated/α-hetero) is 1. The Labute approximate surface area is 147 Å². The highest BCUT2D eigenvalue weighted by Crippen LogP contribution is 2.90. The van der Waals surface area contributed by atoms with Crippen LogP contribution in [0.3, 0.4) is 0 Å². The van der Waals surface area contributed by atoms with Gasteiger partial charge in [-0.1, -0.05) is 46.4 Å². The number of carbonyl (C=O) groups excluding carboxylic acids is 2. The Kier molecular flexibility index (Phi) is 2.92. The van der Waals surface area contributed by atoms with Crippen LogP contribution in [0.2, 0.25) is 0 Å². The number of hydrogen-bond donors (Lipinski definition) is 1. The minimum absolute atomic E-state index is 0.192. The van der Waals surface area contributed by atoms with Gasteiger partial charge in [0.1, 0.15) is 20.2 Å². The monoisotopic (exact) mass is 413 g/mol. The second kappa shape index (κ2) is 3.76. The van der Waals surface area contributed by atoms with Crippen molar-refractivity contribution in [2.75, 3.05) is 0 Å². The van der Waals surface area contributed by atoms with Crippen molar-refractivity contribution in [3.8, 4) is 0 Å². The highest BCUT2D eigenvalue weighted by Gasteiger charge is 3.04. The lowest BCUT2D eigenvalue weighted by atomic mass is 9.88. The summed E-state index contributed by atoms with van der Waals surface area (Å²) in [7, 11) is 0. The molecule has 2 N–H and O–H groups in total. The van der Waals surface area contributed by atoms with E-state index in [4.69, 9.17) is 86.9 Å². The zero-order valence-corrected chi connectivity index (χ0v) is 14.3. The van der Waals surface area contributed by atoms with E-state index in [1.165, 1.54) is 0 Å². The molecule has 4 atom stereocenters. The maximum atomic E-state index is 12.5. The maximum absolute atomic E-state index is 12.5. The summed E-state index contributed by atoms with van der Waals surface area (Å²) in [5.74, 6) is -1.87. The molecule has 0 saturated heterocycles. The van der Waals surface area contributed by atoms with E-state index in [9.17, 15) is 9.59 Å². The van der Waals surface area contributed by atoms with E-state index in [1.807, 2.05) is 0 Å². The lowest BCUT2D eigenvalue weighted by Crippen LogP contribution is -2.44.